The Labute approximate surface area is 127 Å². The monoisotopic (exact) mass is 304 g/mol. The van der Waals surface area contributed by atoms with Gasteiger partial charge >= 0.3 is 11.7 Å². The molecular formula is C16H20N2O4. The molecule has 0 bridgehead atoms. The molecule has 6 nitrogen and oxygen atoms in total. The molecule has 1 aromatic heterocycles. The van der Waals surface area contributed by atoms with Crippen LogP contribution in [0.3, 0.4) is 0 Å². The van der Waals surface area contributed by atoms with Crippen LogP contribution < -0.4 is 10.4 Å². The average molecular weight is 304 g/mol. The molecule has 1 aliphatic rings. The normalized spacial score (nSPS) is 21.9. The SMILES string of the molecule is COc1ccc2[nH]c(=O)n(C[C@H]3CC[C@H](C(=O)O)CC3)c2c1. The number of imidazole rings is 1. The van der Waals surface area contributed by atoms with Crippen molar-refractivity contribution in [2.45, 2.75) is 32.2 Å². The number of methoxy groups -OCH3 is 1. The first-order valence-corrected chi connectivity index (χ1v) is 7.58. The van der Waals surface area contributed by atoms with Crippen molar-refractivity contribution in [3.63, 3.8) is 0 Å². The van der Waals surface area contributed by atoms with Crippen LogP contribution in [-0.2, 0) is 11.3 Å². The molecule has 0 spiro atoms. The molecule has 118 valence electrons. The van der Waals surface area contributed by atoms with Crippen molar-refractivity contribution in [3.05, 3.63) is 28.7 Å². The summed E-state index contributed by atoms with van der Waals surface area (Å²) in [6, 6.07) is 5.52. The van der Waals surface area contributed by atoms with Gasteiger partial charge in [-0.2, -0.15) is 0 Å². The van der Waals surface area contributed by atoms with Crippen LogP contribution >= 0.6 is 0 Å². The molecule has 1 fully saturated rings. The van der Waals surface area contributed by atoms with Crippen LogP contribution in [-0.4, -0.2) is 27.7 Å². The summed E-state index contributed by atoms with van der Waals surface area (Å²) in [5.41, 5.74) is 1.51. The number of hydrogen-bond acceptors (Lipinski definition) is 3. The average Bonchev–Trinajstić information content (AvgIpc) is 2.83. The second-order valence-corrected chi connectivity index (χ2v) is 5.98. The number of benzene rings is 1. The van der Waals surface area contributed by atoms with Crippen LogP contribution in [0.25, 0.3) is 11.0 Å². The van der Waals surface area contributed by atoms with E-state index in [-0.39, 0.29) is 11.6 Å². The molecule has 2 aromatic rings. The molecule has 0 saturated heterocycles. The van der Waals surface area contributed by atoms with Gasteiger partial charge in [0.25, 0.3) is 0 Å². The molecule has 3 rings (SSSR count). The lowest BCUT2D eigenvalue weighted by atomic mass is 9.82. The number of fused-ring (bicyclic) bond motifs is 1. The van der Waals surface area contributed by atoms with Gasteiger partial charge in [0, 0.05) is 12.6 Å². The number of carbonyl (C=O) groups is 1. The largest absolute Gasteiger partial charge is 0.497 e. The Bertz CT molecular complexity index is 738. The van der Waals surface area contributed by atoms with E-state index in [0.29, 0.717) is 25.3 Å². The van der Waals surface area contributed by atoms with E-state index < -0.39 is 5.97 Å². The quantitative estimate of drug-likeness (QED) is 0.907. The lowest BCUT2D eigenvalue weighted by Gasteiger charge is -2.26. The van der Waals surface area contributed by atoms with Gasteiger partial charge in [0.2, 0.25) is 0 Å². The third-order valence-corrected chi connectivity index (χ3v) is 4.62. The van der Waals surface area contributed by atoms with Crippen molar-refractivity contribution in [2.75, 3.05) is 7.11 Å². The molecule has 1 saturated carbocycles. The molecule has 0 unspecified atom stereocenters. The van der Waals surface area contributed by atoms with Crippen molar-refractivity contribution in [3.8, 4) is 5.75 Å². The van der Waals surface area contributed by atoms with E-state index in [1.807, 2.05) is 18.2 Å². The van der Waals surface area contributed by atoms with E-state index in [1.165, 1.54) is 0 Å². The van der Waals surface area contributed by atoms with Crippen molar-refractivity contribution in [2.24, 2.45) is 11.8 Å². The minimum atomic E-state index is -0.701. The summed E-state index contributed by atoms with van der Waals surface area (Å²) in [7, 11) is 1.60. The van der Waals surface area contributed by atoms with Crippen LogP contribution in [0, 0.1) is 11.8 Å². The summed E-state index contributed by atoms with van der Waals surface area (Å²) >= 11 is 0. The minimum absolute atomic E-state index is 0.122. The van der Waals surface area contributed by atoms with Crippen molar-refractivity contribution in [1.82, 2.24) is 9.55 Å². The van der Waals surface area contributed by atoms with Gasteiger partial charge in [0.15, 0.2) is 0 Å². The predicted molar refractivity (Wildman–Crippen MR) is 82.2 cm³/mol. The zero-order chi connectivity index (χ0) is 15.7. The number of aromatic nitrogens is 2. The van der Waals surface area contributed by atoms with Crippen LogP contribution in [0.1, 0.15) is 25.7 Å². The fourth-order valence-electron chi connectivity index (χ4n) is 3.29. The number of hydrogen-bond donors (Lipinski definition) is 2. The van der Waals surface area contributed by atoms with Crippen LogP contribution in [0.4, 0.5) is 0 Å². The molecule has 0 atom stereocenters. The summed E-state index contributed by atoms with van der Waals surface area (Å²) in [6.45, 7) is 0.623. The zero-order valence-electron chi connectivity index (χ0n) is 12.5. The first-order valence-electron chi connectivity index (χ1n) is 7.58. The Hall–Kier alpha value is -2.24. The molecule has 1 aromatic carbocycles. The lowest BCUT2D eigenvalue weighted by molar-refractivity contribution is -0.143. The maximum atomic E-state index is 12.2. The number of aromatic amines is 1. The number of carboxylic acids is 1. The third kappa shape index (κ3) is 2.73. The summed E-state index contributed by atoms with van der Waals surface area (Å²) in [6.07, 6.45) is 3.08. The molecule has 0 radical (unpaired) electrons. The standard InChI is InChI=1S/C16H20N2O4/c1-22-12-6-7-13-14(8-12)18(16(21)17-13)9-10-2-4-11(5-3-10)15(19)20/h6-8,10-11H,2-5,9H2,1H3,(H,17,21)(H,19,20)/t10-,11-. The number of nitrogens with one attached hydrogen (secondary N) is 1. The molecule has 1 aliphatic carbocycles. The van der Waals surface area contributed by atoms with E-state index in [0.717, 1.165) is 29.6 Å². The summed E-state index contributed by atoms with van der Waals surface area (Å²) in [4.78, 5) is 26.0. The Morgan fingerprint density at radius 2 is 2.09 bits per heavy atom. The zero-order valence-corrected chi connectivity index (χ0v) is 12.5. The first kappa shape index (κ1) is 14.7. The highest BCUT2D eigenvalue weighted by Gasteiger charge is 2.26. The highest BCUT2D eigenvalue weighted by atomic mass is 16.5. The molecule has 0 amide bonds. The van der Waals surface area contributed by atoms with Crippen LogP contribution in [0.2, 0.25) is 0 Å². The number of aliphatic carboxylic acids is 1. The Balaban J connectivity index is 1.81. The van der Waals surface area contributed by atoms with Gasteiger partial charge in [-0.1, -0.05) is 0 Å². The van der Waals surface area contributed by atoms with E-state index in [4.69, 9.17) is 9.84 Å². The van der Waals surface area contributed by atoms with Gasteiger partial charge < -0.3 is 14.8 Å². The number of H-pyrrole nitrogens is 1. The Morgan fingerprint density at radius 1 is 1.36 bits per heavy atom. The third-order valence-electron chi connectivity index (χ3n) is 4.62. The molecule has 22 heavy (non-hydrogen) atoms. The maximum absolute atomic E-state index is 12.2. The van der Waals surface area contributed by atoms with Crippen molar-refractivity contribution in [1.29, 1.82) is 0 Å². The summed E-state index contributed by atoms with van der Waals surface area (Å²) in [5.74, 6) is 0.136. The first-order chi connectivity index (χ1) is 10.6. The fourth-order valence-corrected chi connectivity index (χ4v) is 3.29. The van der Waals surface area contributed by atoms with Crippen LogP contribution in [0.5, 0.6) is 5.75 Å². The van der Waals surface area contributed by atoms with Gasteiger partial charge in [-0.15, -0.1) is 0 Å². The maximum Gasteiger partial charge on any atom is 0.326 e. The van der Waals surface area contributed by atoms with E-state index >= 15 is 0 Å². The van der Waals surface area contributed by atoms with Gasteiger partial charge in [-0.25, -0.2) is 4.79 Å². The van der Waals surface area contributed by atoms with Gasteiger partial charge in [-0.3, -0.25) is 9.36 Å². The van der Waals surface area contributed by atoms with Gasteiger partial charge in [-0.05, 0) is 43.7 Å². The lowest BCUT2D eigenvalue weighted by Crippen LogP contribution is -2.27. The van der Waals surface area contributed by atoms with E-state index in [1.54, 1.807) is 11.7 Å². The number of carboxylic acid groups (broad SMARTS) is 1. The van der Waals surface area contributed by atoms with E-state index in [2.05, 4.69) is 4.98 Å². The summed E-state index contributed by atoms with van der Waals surface area (Å²) < 4.78 is 6.96. The fraction of sp³-hybridized carbons (Fsp3) is 0.500. The number of nitrogens with zero attached hydrogens (tertiary/aromatic N) is 1. The molecule has 1 heterocycles. The van der Waals surface area contributed by atoms with Crippen molar-refractivity contribution < 1.29 is 14.6 Å². The highest BCUT2D eigenvalue weighted by molar-refractivity contribution is 5.77. The Kier molecular flexibility index (Phi) is 3.92. The van der Waals surface area contributed by atoms with Crippen molar-refractivity contribution >= 4 is 17.0 Å². The van der Waals surface area contributed by atoms with Gasteiger partial charge in [0.1, 0.15) is 5.75 Å². The summed E-state index contributed by atoms with van der Waals surface area (Å²) in [5, 5.41) is 9.05. The second kappa shape index (κ2) is 5.87. The topological polar surface area (TPSA) is 84.3 Å². The second-order valence-electron chi connectivity index (χ2n) is 5.98. The molecule has 2 N–H and O–H groups in total. The molecule has 6 heteroatoms. The molecular weight excluding hydrogens is 284 g/mol. The minimum Gasteiger partial charge on any atom is -0.497 e. The van der Waals surface area contributed by atoms with E-state index in [9.17, 15) is 9.59 Å². The Morgan fingerprint density at radius 3 is 2.73 bits per heavy atom. The van der Waals surface area contributed by atoms with Crippen LogP contribution in [0.15, 0.2) is 23.0 Å². The molecule has 0 aliphatic heterocycles. The number of ether oxygens (including phenoxy) is 1. The smallest absolute Gasteiger partial charge is 0.326 e. The van der Waals surface area contributed by atoms with Gasteiger partial charge in [0.05, 0.1) is 24.1 Å². The predicted octanol–water partition coefficient (Wildman–Crippen LogP) is 2.23. The number of rotatable bonds is 4. The highest BCUT2D eigenvalue weighted by Crippen LogP contribution is 2.30.